The molecule has 2 atom stereocenters. The maximum atomic E-state index is 13.4. The average molecular weight is 1660 g/mol. The van der Waals surface area contributed by atoms with Crippen molar-refractivity contribution in [1.82, 2.24) is 0 Å². The van der Waals surface area contributed by atoms with Gasteiger partial charge >= 0.3 is 0 Å². The largest absolute Gasteiger partial charge is 0.300 e. The van der Waals surface area contributed by atoms with E-state index in [4.69, 9.17) is 0 Å². The van der Waals surface area contributed by atoms with Gasteiger partial charge in [-0.05, 0) is 218 Å². The molecule has 0 aliphatic rings. The smallest absolute Gasteiger partial charge is 0.136 e. The number of carbonyl (C=O) groups is 6. The summed E-state index contributed by atoms with van der Waals surface area (Å²) >= 11 is 0. The van der Waals surface area contributed by atoms with Crippen LogP contribution in [0.2, 0.25) is 0 Å². The van der Waals surface area contributed by atoms with E-state index in [1.165, 1.54) is 218 Å². The van der Waals surface area contributed by atoms with Gasteiger partial charge in [-0.1, -0.05) is 393 Å². The molecule has 0 heterocycles. The molecule has 0 radical (unpaired) electrons. The number of Topliss-reactive ketones (excluding diaryl/α,β-unsaturated/α-hetero) is 6. The van der Waals surface area contributed by atoms with Gasteiger partial charge in [0.2, 0.25) is 0 Å². The third-order valence-corrected chi connectivity index (χ3v) is 23.2. The quantitative estimate of drug-likeness (QED) is 0.0444. The third-order valence-electron chi connectivity index (χ3n) is 23.2. The van der Waals surface area contributed by atoms with Gasteiger partial charge in [0.15, 0.2) is 0 Å². The summed E-state index contributed by atoms with van der Waals surface area (Å²) < 4.78 is 0. The van der Waals surface area contributed by atoms with Crippen LogP contribution in [0.15, 0.2) is 146 Å². The highest BCUT2D eigenvalue weighted by Crippen LogP contribution is 2.25. The van der Waals surface area contributed by atoms with E-state index in [9.17, 15) is 28.8 Å². The summed E-state index contributed by atoms with van der Waals surface area (Å²) in [5, 5.41) is 0. The van der Waals surface area contributed by atoms with Crippen LogP contribution in [-0.2, 0) is 28.8 Å². The highest BCUT2D eigenvalue weighted by molar-refractivity contribution is 5.93. The maximum absolute atomic E-state index is 13.4. The minimum Gasteiger partial charge on any atom is -0.300 e. The number of hydrogen-bond donors (Lipinski definition) is 0. The average Bonchev–Trinajstić information content (AvgIpc) is 0.911. The normalized spacial score (nSPS) is 12.8. The number of unbranched alkanes of at least 4 members (excludes halogenated alkanes) is 48. The molecule has 0 aliphatic carbocycles. The van der Waals surface area contributed by atoms with E-state index in [1.54, 1.807) is 0 Å². The van der Waals surface area contributed by atoms with Crippen LogP contribution < -0.4 is 0 Å². The number of ketones is 6. The molecule has 6 heteroatoms. The predicted molar refractivity (Wildman–Crippen MR) is 532 cm³/mol. The van der Waals surface area contributed by atoms with Crippen LogP contribution in [0, 0.1) is 11.8 Å². The van der Waals surface area contributed by atoms with Crippen LogP contribution in [0.4, 0.5) is 0 Å². The van der Waals surface area contributed by atoms with Crippen LogP contribution in [0.25, 0.3) is 0 Å². The Kier molecular flexibility index (Phi) is 100. The SMILES string of the molecule is CC/C=C\C/C=C\C/C=C\CCCCCCCC(=O)CC(CC(=O)CCCCCCC/C=C\CCCCCCCC)C(=O)CCCCCCC/C=C\C/C=C\CCCCC.CC/C=C\C/C=C\C/C=C\CCCCCCCC(=O)CC(CC(=O)CCCCCCC/C=C\CCCCCCCC)C(=O)CCCCCCC/C=C\C/C=C\CCCCC. The van der Waals surface area contributed by atoms with E-state index in [2.05, 4.69) is 187 Å². The Morgan fingerprint density at radius 3 is 0.500 bits per heavy atom. The summed E-state index contributed by atoms with van der Waals surface area (Å²) in [6.45, 7) is 13.4. The van der Waals surface area contributed by atoms with Gasteiger partial charge < -0.3 is 0 Å². The summed E-state index contributed by atoms with van der Waals surface area (Å²) in [5.41, 5.74) is 0. The molecule has 0 fully saturated rings. The second-order valence-electron chi connectivity index (χ2n) is 35.1. The summed E-state index contributed by atoms with van der Waals surface area (Å²) in [7, 11) is 0. The molecule has 0 amide bonds. The summed E-state index contributed by atoms with van der Waals surface area (Å²) in [6.07, 6.45) is 136. The van der Waals surface area contributed by atoms with E-state index in [0.717, 1.165) is 205 Å². The highest BCUT2D eigenvalue weighted by Gasteiger charge is 2.26. The molecular formula is C114H196O6. The number of carbonyl (C=O) groups excluding carboxylic acids is 6. The Balaban J connectivity index is 0. The molecular weight excluding hydrogens is 1470 g/mol. The zero-order valence-corrected chi connectivity index (χ0v) is 80.2. The van der Waals surface area contributed by atoms with Crippen molar-refractivity contribution < 1.29 is 28.8 Å². The van der Waals surface area contributed by atoms with Crippen LogP contribution in [0.1, 0.15) is 530 Å². The number of hydrogen-bond acceptors (Lipinski definition) is 6. The Morgan fingerprint density at radius 1 is 0.158 bits per heavy atom. The van der Waals surface area contributed by atoms with E-state index < -0.39 is 11.8 Å². The lowest BCUT2D eigenvalue weighted by molar-refractivity contribution is -0.131. The number of allylic oxidation sites excluding steroid dienone is 24. The Hall–Kier alpha value is -5.10. The van der Waals surface area contributed by atoms with Crippen molar-refractivity contribution in [1.29, 1.82) is 0 Å². The van der Waals surface area contributed by atoms with Crippen LogP contribution in [0.3, 0.4) is 0 Å². The fourth-order valence-corrected chi connectivity index (χ4v) is 15.4. The van der Waals surface area contributed by atoms with Gasteiger partial charge in [0.05, 0.1) is 0 Å². The summed E-state index contributed by atoms with van der Waals surface area (Å²) in [5.74, 6) is 0.127. The first-order valence-corrected chi connectivity index (χ1v) is 52.0. The Bertz CT molecular complexity index is 2450. The van der Waals surface area contributed by atoms with Gasteiger partial charge in [-0.15, -0.1) is 0 Å². The first kappa shape index (κ1) is 117. The van der Waals surface area contributed by atoms with Crippen LogP contribution in [-0.4, -0.2) is 34.7 Å². The van der Waals surface area contributed by atoms with Crippen molar-refractivity contribution in [3.05, 3.63) is 146 Å². The zero-order chi connectivity index (χ0) is 87.3. The van der Waals surface area contributed by atoms with Crippen LogP contribution >= 0.6 is 0 Å². The van der Waals surface area contributed by atoms with Gasteiger partial charge in [-0.3, -0.25) is 28.8 Å². The van der Waals surface area contributed by atoms with Gasteiger partial charge in [0, 0.05) is 76.0 Å². The monoisotopic (exact) mass is 1660 g/mol. The minimum atomic E-state index is -0.423. The lowest BCUT2D eigenvalue weighted by Gasteiger charge is -2.15. The van der Waals surface area contributed by atoms with Crippen molar-refractivity contribution in [2.45, 2.75) is 530 Å². The van der Waals surface area contributed by atoms with Crippen molar-refractivity contribution in [2.75, 3.05) is 0 Å². The molecule has 2 unspecified atom stereocenters. The molecule has 688 valence electrons. The van der Waals surface area contributed by atoms with Gasteiger partial charge in [0.1, 0.15) is 34.7 Å². The lowest BCUT2D eigenvalue weighted by Crippen LogP contribution is -2.22. The second-order valence-corrected chi connectivity index (χ2v) is 35.1. The molecule has 0 saturated carbocycles. The van der Waals surface area contributed by atoms with E-state index >= 15 is 0 Å². The standard InChI is InChI=1S/2C57H98O3/c2*1-4-7-10-13-16-19-22-25-28-31-34-37-40-43-46-49-55(58)52-54(57(60)51-48-45-42-39-36-33-30-27-24-21-18-15-12-9-6-3)53-56(59)50-47-44-41-38-35-32-29-26-23-20-17-14-11-8-5-2/h2*7,10,16,18-19,21,25-30,54H,4-6,8-9,11-15,17,20,22-24,31-53H2,1-3H3/b2*10-7-,19-16-,21-18-,28-25-,29-26-,30-27-. The van der Waals surface area contributed by atoms with E-state index in [0.29, 0.717) is 38.5 Å². The molecule has 0 spiro atoms. The molecule has 0 aromatic carbocycles. The molecule has 0 rings (SSSR count). The molecule has 120 heavy (non-hydrogen) atoms. The highest BCUT2D eigenvalue weighted by atomic mass is 16.2. The molecule has 0 N–H and O–H groups in total. The van der Waals surface area contributed by atoms with Gasteiger partial charge in [-0.25, -0.2) is 0 Å². The van der Waals surface area contributed by atoms with Crippen LogP contribution in [0.5, 0.6) is 0 Å². The van der Waals surface area contributed by atoms with Crippen molar-refractivity contribution in [3.63, 3.8) is 0 Å². The first-order valence-electron chi connectivity index (χ1n) is 52.0. The fourth-order valence-electron chi connectivity index (χ4n) is 15.4. The maximum Gasteiger partial charge on any atom is 0.136 e. The topological polar surface area (TPSA) is 102 Å². The minimum absolute atomic E-state index is 0.142. The van der Waals surface area contributed by atoms with E-state index in [1.807, 2.05) is 0 Å². The first-order chi connectivity index (χ1) is 59.1. The predicted octanol–water partition coefficient (Wildman–Crippen LogP) is 37.1. The second kappa shape index (κ2) is 103. The van der Waals surface area contributed by atoms with Gasteiger partial charge in [-0.2, -0.15) is 0 Å². The third kappa shape index (κ3) is 96.7. The molecule has 0 aromatic heterocycles. The van der Waals surface area contributed by atoms with Gasteiger partial charge in [0.25, 0.3) is 0 Å². The Labute approximate surface area is 746 Å². The Morgan fingerprint density at radius 2 is 0.300 bits per heavy atom. The van der Waals surface area contributed by atoms with Crippen molar-refractivity contribution >= 4 is 34.7 Å². The molecule has 0 aliphatic heterocycles. The zero-order valence-electron chi connectivity index (χ0n) is 80.2. The summed E-state index contributed by atoms with van der Waals surface area (Å²) in [6, 6.07) is 0. The fraction of sp³-hybridized carbons (Fsp3) is 0.737. The molecule has 6 nitrogen and oxygen atoms in total. The lowest BCUT2D eigenvalue weighted by atomic mass is 9.87. The van der Waals surface area contributed by atoms with Crippen molar-refractivity contribution in [2.24, 2.45) is 11.8 Å². The number of rotatable bonds is 94. The van der Waals surface area contributed by atoms with Crippen molar-refractivity contribution in [3.8, 4) is 0 Å². The summed E-state index contributed by atoms with van der Waals surface area (Å²) in [4.78, 5) is 79.3. The molecule has 0 saturated heterocycles. The molecule has 0 bridgehead atoms. The molecule has 0 aromatic rings. The van der Waals surface area contributed by atoms with E-state index in [-0.39, 0.29) is 60.4 Å².